The van der Waals surface area contributed by atoms with Gasteiger partial charge in [0.15, 0.2) is 0 Å². The molecule has 2 rings (SSSR count). The van der Waals surface area contributed by atoms with Crippen LogP contribution in [0.1, 0.15) is 45.1 Å². The van der Waals surface area contributed by atoms with Crippen LogP contribution in [0.25, 0.3) is 0 Å². The van der Waals surface area contributed by atoms with Crippen LogP contribution in [0, 0.1) is 11.8 Å². The zero-order valence-electron chi connectivity index (χ0n) is 14.4. The molecular formula is C19H27NO4. The van der Waals surface area contributed by atoms with Gasteiger partial charge in [0.1, 0.15) is 6.04 Å². The molecule has 24 heavy (non-hydrogen) atoms. The molecule has 1 aromatic carbocycles. The second-order valence-corrected chi connectivity index (χ2v) is 7.05. The van der Waals surface area contributed by atoms with Crippen molar-refractivity contribution in [2.24, 2.45) is 11.8 Å². The lowest BCUT2D eigenvalue weighted by molar-refractivity contribution is -0.143. The first kappa shape index (κ1) is 18.3. The summed E-state index contributed by atoms with van der Waals surface area (Å²) in [6.45, 7) is 4.38. The first-order valence-electron chi connectivity index (χ1n) is 8.68. The van der Waals surface area contributed by atoms with Crippen LogP contribution in [0.4, 0.5) is 4.79 Å². The van der Waals surface area contributed by atoms with Crippen LogP contribution in [0.15, 0.2) is 30.3 Å². The van der Waals surface area contributed by atoms with Gasteiger partial charge in [-0.3, -0.25) is 4.90 Å². The minimum absolute atomic E-state index is 0.201. The van der Waals surface area contributed by atoms with Gasteiger partial charge in [0, 0.05) is 12.5 Å². The van der Waals surface area contributed by atoms with Gasteiger partial charge in [-0.2, -0.15) is 0 Å². The number of carboxylic acid groups (broad SMARTS) is 2. The van der Waals surface area contributed by atoms with E-state index in [-0.39, 0.29) is 12.5 Å². The van der Waals surface area contributed by atoms with E-state index in [0.717, 1.165) is 31.2 Å². The summed E-state index contributed by atoms with van der Waals surface area (Å²) < 4.78 is 0. The van der Waals surface area contributed by atoms with Crippen molar-refractivity contribution >= 4 is 12.1 Å². The van der Waals surface area contributed by atoms with Crippen LogP contribution in [0.3, 0.4) is 0 Å². The largest absolute Gasteiger partial charge is 0.480 e. The highest BCUT2D eigenvalue weighted by atomic mass is 16.4. The zero-order chi connectivity index (χ0) is 17.7. The fourth-order valence-corrected chi connectivity index (χ4v) is 3.73. The van der Waals surface area contributed by atoms with E-state index < -0.39 is 18.1 Å². The molecular weight excluding hydrogens is 306 g/mol. The van der Waals surface area contributed by atoms with Crippen molar-refractivity contribution in [3.05, 3.63) is 35.9 Å². The number of benzene rings is 1. The topological polar surface area (TPSA) is 77.8 Å². The highest BCUT2D eigenvalue weighted by molar-refractivity contribution is 5.80. The first-order chi connectivity index (χ1) is 11.4. The van der Waals surface area contributed by atoms with Gasteiger partial charge in [0.2, 0.25) is 0 Å². The maximum atomic E-state index is 11.8. The zero-order valence-corrected chi connectivity index (χ0v) is 14.4. The number of aliphatic carboxylic acids is 1. The molecule has 5 heteroatoms. The third kappa shape index (κ3) is 4.49. The Morgan fingerprint density at radius 2 is 1.67 bits per heavy atom. The number of rotatable bonds is 6. The van der Waals surface area contributed by atoms with Crippen LogP contribution >= 0.6 is 0 Å². The lowest BCUT2D eigenvalue weighted by Gasteiger charge is -2.39. The van der Waals surface area contributed by atoms with Gasteiger partial charge >= 0.3 is 12.1 Å². The minimum atomic E-state index is -1.13. The molecule has 1 amide bonds. The standard InChI is InChI=1S/C19H27NO4/c1-13(2)15-8-10-16(11-9-15)20(19(23)24)17(18(21)22)12-14-6-4-3-5-7-14/h3-7,13,15-17H,8-12H2,1-2H3,(H,21,22)(H,23,24)/t15-,16-,17?. The normalized spacial score (nSPS) is 22.1. The second kappa shape index (κ2) is 8.18. The molecule has 0 bridgehead atoms. The van der Waals surface area contributed by atoms with Gasteiger partial charge in [0.25, 0.3) is 0 Å². The maximum absolute atomic E-state index is 11.8. The van der Waals surface area contributed by atoms with Crippen molar-refractivity contribution in [1.29, 1.82) is 0 Å². The Balaban J connectivity index is 2.14. The van der Waals surface area contributed by atoms with Gasteiger partial charge in [0.05, 0.1) is 0 Å². The van der Waals surface area contributed by atoms with E-state index in [4.69, 9.17) is 0 Å². The van der Waals surface area contributed by atoms with Gasteiger partial charge in [-0.15, -0.1) is 0 Å². The smallest absolute Gasteiger partial charge is 0.408 e. The Morgan fingerprint density at radius 1 is 1.08 bits per heavy atom. The van der Waals surface area contributed by atoms with Gasteiger partial charge in [-0.1, -0.05) is 44.2 Å². The van der Waals surface area contributed by atoms with E-state index in [1.165, 1.54) is 4.90 Å². The van der Waals surface area contributed by atoms with E-state index >= 15 is 0 Å². The van der Waals surface area contributed by atoms with Crippen LogP contribution in [-0.4, -0.2) is 39.3 Å². The lowest BCUT2D eigenvalue weighted by Crippen LogP contribution is -2.52. The molecule has 1 unspecified atom stereocenters. The van der Waals surface area contributed by atoms with E-state index in [1.807, 2.05) is 30.3 Å². The Kier molecular flexibility index (Phi) is 6.23. The number of nitrogens with zero attached hydrogens (tertiary/aromatic N) is 1. The molecule has 0 heterocycles. The van der Waals surface area contributed by atoms with Gasteiger partial charge < -0.3 is 10.2 Å². The number of carboxylic acids is 1. The number of carbonyl (C=O) groups is 2. The molecule has 1 saturated carbocycles. The first-order valence-corrected chi connectivity index (χ1v) is 8.68. The Bertz CT molecular complexity index is 550. The quantitative estimate of drug-likeness (QED) is 0.828. The van der Waals surface area contributed by atoms with Crippen LogP contribution in [0.5, 0.6) is 0 Å². The summed E-state index contributed by atoms with van der Waals surface area (Å²) in [6, 6.07) is 7.98. The molecule has 2 N–H and O–H groups in total. The van der Waals surface area contributed by atoms with Gasteiger partial charge in [-0.25, -0.2) is 9.59 Å². The molecule has 1 aliphatic rings. The predicted molar refractivity (Wildman–Crippen MR) is 92.0 cm³/mol. The Hall–Kier alpha value is -2.04. The predicted octanol–water partition coefficient (Wildman–Crippen LogP) is 3.88. The molecule has 0 aromatic heterocycles. The third-order valence-corrected chi connectivity index (χ3v) is 5.19. The van der Waals surface area contributed by atoms with Crippen molar-refractivity contribution in [1.82, 2.24) is 4.90 Å². The molecule has 132 valence electrons. The summed E-state index contributed by atoms with van der Waals surface area (Å²) in [5.41, 5.74) is 0.840. The Labute approximate surface area is 143 Å². The molecule has 5 nitrogen and oxygen atoms in total. The summed E-state index contributed by atoms with van der Waals surface area (Å²) in [5, 5.41) is 19.3. The average Bonchev–Trinajstić information content (AvgIpc) is 2.55. The van der Waals surface area contributed by atoms with E-state index in [0.29, 0.717) is 11.8 Å². The average molecular weight is 333 g/mol. The number of amides is 1. The molecule has 0 saturated heterocycles. The highest BCUT2D eigenvalue weighted by Gasteiger charge is 2.37. The molecule has 1 aromatic rings. The maximum Gasteiger partial charge on any atom is 0.408 e. The van der Waals surface area contributed by atoms with Crippen molar-refractivity contribution in [2.45, 2.75) is 58.0 Å². The SMILES string of the molecule is CC(C)[C@H]1CC[C@H](N(C(=O)O)C(Cc2ccccc2)C(=O)O)CC1. The number of hydrogen-bond acceptors (Lipinski definition) is 2. The molecule has 1 atom stereocenters. The summed E-state index contributed by atoms with van der Waals surface area (Å²) in [6.07, 6.45) is 2.48. The van der Waals surface area contributed by atoms with Crippen LogP contribution in [-0.2, 0) is 11.2 Å². The van der Waals surface area contributed by atoms with Crippen molar-refractivity contribution in [3.63, 3.8) is 0 Å². The third-order valence-electron chi connectivity index (χ3n) is 5.19. The fourth-order valence-electron chi connectivity index (χ4n) is 3.73. The van der Waals surface area contributed by atoms with Crippen LogP contribution < -0.4 is 0 Å². The second-order valence-electron chi connectivity index (χ2n) is 7.05. The summed E-state index contributed by atoms with van der Waals surface area (Å²) in [5.74, 6) is 0.116. The summed E-state index contributed by atoms with van der Waals surface area (Å²) >= 11 is 0. The number of hydrogen-bond donors (Lipinski definition) is 2. The van der Waals surface area contributed by atoms with E-state index in [2.05, 4.69) is 13.8 Å². The Morgan fingerprint density at radius 3 is 2.12 bits per heavy atom. The molecule has 0 aliphatic heterocycles. The molecule has 0 radical (unpaired) electrons. The molecule has 1 aliphatic carbocycles. The van der Waals surface area contributed by atoms with Crippen LogP contribution in [0.2, 0.25) is 0 Å². The van der Waals surface area contributed by atoms with Crippen molar-refractivity contribution in [2.75, 3.05) is 0 Å². The highest BCUT2D eigenvalue weighted by Crippen LogP contribution is 2.33. The monoisotopic (exact) mass is 333 g/mol. The molecule has 1 fully saturated rings. The van der Waals surface area contributed by atoms with Crippen molar-refractivity contribution in [3.8, 4) is 0 Å². The van der Waals surface area contributed by atoms with E-state index in [1.54, 1.807) is 0 Å². The van der Waals surface area contributed by atoms with Crippen molar-refractivity contribution < 1.29 is 19.8 Å². The lowest BCUT2D eigenvalue weighted by atomic mass is 9.79. The minimum Gasteiger partial charge on any atom is -0.480 e. The molecule has 0 spiro atoms. The van der Waals surface area contributed by atoms with E-state index in [9.17, 15) is 19.8 Å². The van der Waals surface area contributed by atoms with Gasteiger partial charge in [-0.05, 0) is 43.1 Å². The fraction of sp³-hybridized carbons (Fsp3) is 0.579. The summed E-state index contributed by atoms with van der Waals surface area (Å²) in [4.78, 5) is 24.8. The summed E-state index contributed by atoms with van der Waals surface area (Å²) in [7, 11) is 0.